The SMILES string of the molecule is CCNC(=NCc1cc(C#N)ccc1F)NC1CCN(C2CC2)CC1.I. The molecule has 0 unspecified atom stereocenters. The van der Waals surface area contributed by atoms with Crippen LogP contribution in [0.25, 0.3) is 0 Å². The number of aliphatic imine (C=N–C) groups is 1. The predicted molar refractivity (Wildman–Crippen MR) is 112 cm³/mol. The predicted octanol–water partition coefficient (Wildman–Crippen LogP) is 3.00. The third-order valence-corrected chi connectivity index (χ3v) is 4.86. The van der Waals surface area contributed by atoms with Gasteiger partial charge in [0.15, 0.2) is 5.96 Å². The van der Waals surface area contributed by atoms with Crippen molar-refractivity contribution in [3.63, 3.8) is 0 Å². The van der Waals surface area contributed by atoms with Crippen molar-refractivity contribution in [2.75, 3.05) is 19.6 Å². The van der Waals surface area contributed by atoms with Gasteiger partial charge in [-0.15, -0.1) is 24.0 Å². The second-order valence-corrected chi connectivity index (χ2v) is 6.80. The highest BCUT2D eigenvalue weighted by molar-refractivity contribution is 14.0. The number of piperidine rings is 1. The van der Waals surface area contributed by atoms with E-state index in [2.05, 4.69) is 20.5 Å². The van der Waals surface area contributed by atoms with Crippen molar-refractivity contribution >= 4 is 29.9 Å². The molecule has 1 saturated carbocycles. The molecule has 0 amide bonds. The van der Waals surface area contributed by atoms with Crippen molar-refractivity contribution in [2.45, 2.75) is 51.2 Å². The van der Waals surface area contributed by atoms with Crippen molar-refractivity contribution in [3.05, 3.63) is 35.1 Å². The lowest BCUT2D eigenvalue weighted by molar-refractivity contribution is 0.197. The minimum atomic E-state index is -0.323. The van der Waals surface area contributed by atoms with Gasteiger partial charge in [0, 0.05) is 37.3 Å². The summed E-state index contributed by atoms with van der Waals surface area (Å²) in [6, 6.07) is 7.66. The molecule has 26 heavy (non-hydrogen) atoms. The Balaban J connectivity index is 0.00000243. The van der Waals surface area contributed by atoms with E-state index in [1.54, 1.807) is 6.07 Å². The maximum atomic E-state index is 13.9. The van der Waals surface area contributed by atoms with Crippen LogP contribution in [0.4, 0.5) is 4.39 Å². The topological polar surface area (TPSA) is 63.5 Å². The number of hydrogen-bond acceptors (Lipinski definition) is 3. The number of nitriles is 1. The third-order valence-electron chi connectivity index (χ3n) is 4.86. The summed E-state index contributed by atoms with van der Waals surface area (Å²) in [6.45, 7) is 5.27. The molecule has 2 N–H and O–H groups in total. The Morgan fingerprint density at radius 1 is 1.31 bits per heavy atom. The van der Waals surface area contributed by atoms with E-state index in [1.807, 2.05) is 13.0 Å². The zero-order valence-electron chi connectivity index (χ0n) is 15.2. The minimum Gasteiger partial charge on any atom is -0.357 e. The van der Waals surface area contributed by atoms with Crippen molar-refractivity contribution in [3.8, 4) is 6.07 Å². The summed E-state index contributed by atoms with van der Waals surface area (Å²) in [7, 11) is 0. The van der Waals surface area contributed by atoms with Gasteiger partial charge in [-0.3, -0.25) is 0 Å². The molecule has 2 fully saturated rings. The molecule has 142 valence electrons. The summed E-state index contributed by atoms with van der Waals surface area (Å²) >= 11 is 0. The highest BCUT2D eigenvalue weighted by atomic mass is 127. The van der Waals surface area contributed by atoms with Crippen LogP contribution in [0.15, 0.2) is 23.2 Å². The molecule has 0 atom stereocenters. The maximum absolute atomic E-state index is 13.9. The monoisotopic (exact) mass is 471 g/mol. The van der Waals surface area contributed by atoms with E-state index in [9.17, 15) is 4.39 Å². The quantitative estimate of drug-likeness (QED) is 0.394. The standard InChI is InChI=1S/C19H26FN5.HI/c1-2-22-19(23-13-15-11-14(12-21)3-6-18(15)20)24-16-7-9-25(10-8-16)17-4-5-17;/h3,6,11,16-17H,2,4-5,7-10,13H2,1H3,(H2,22,23,24);1H. The second kappa shape index (κ2) is 10.1. The van der Waals surface area contributed by atoms with Crippen LogP contribution < -0.4 is 10.6 Å². The summed E-state index contributed by atoms with van der Waals surface area (Å²) in [5.41, 5.74) is 0.900. The molecule has 3 rings (SSSR count). The van der Waals surface area contributed by atoms with Crippen molar-refractivity contribution in [1.82, 2.24) is 15.5 Å². The van der Waals surface area contributed by atoms with E-state index in [1.165, 1.54) is 25.0 Å². The van der Waals surface area contributed by atoms with Gasteiger partial charge in [-0.05, 0) is 50.8 Å². The Morgan fingerprint density at radius 2 is 2.04 bits per heavy atom. The van der Waals surface area contributed by atoms with Gasteiger partial charge in [-0.2, -0.15) is 5.26 Å². The molecule has 0 aromatic heterocycles. The lowest BCUT2D eigenvalue weighted by atomic mass is 10.1. The van der Waals surface area contributed by atoms with Gasteiger partial charge < -0.3 is 15.5 Å². The normalized spacial score (nSPS) is 18.7. The number of likely N-dealkylation sites (tertiary alicyclic amines) is 1. The Bertz CT molecular complexity index is 660. The van der Waals surface area contributed by atoms with Gasteiger partial charge in [0.05, 0.1) is 18.2 Å². The number of halogens is 2. The van der Waals surface area contributed by atoms with Crippen LogP contribution in [0, 0.1) is 17.1 Å². The fraction of sp³-hybridized carbons (Fsp3) is 0.579. The van der Waals surface area contributed by atoms with Crippen molar-refractivity contribution in [2.24, 2.45) is 4.99 Å². The van der Waals surface area contributed by atoms with E-state index in [4.69, 9.17) is 5.26 Å². The summed E-state index contributed by atoms with van der Waals surface area (Å²) in [4.78, 5) is 7.10. The van der Waals surface area contributed by atoms with Gasteiger partial charge in [0.25, 0.3) is 0 Å². The Kier molecular flexibility index (Phi) is 8.10. The molecule has 1 aliphatic carbocycles. The van der Waals surface area contributed by atoms with Gasteiger partial charge in [-0.1, -0.05) is 0 Å². The average molecular weight is 471 g/mol. The van der Waals surface area contributed by atoms with E-state index in [-0.39, 0.29) is 36.3 Å². The van der Waals surface area contributed by atoms with Crippen LogP contribution in [0.2, 0.25) is 0 Å². The summed E-state index contributed by atoms with van der Waals surface area (Å²) in [5.74, 6) is 0.394. The molecule has 0 bridgehead atoms. The molecule has 1 saturated heterocycles. The molecule has 1 aliphatic heterocycles. The van der Waals surface area contributed by atoms with Crippen LogP contribution in [-0.4, -0.2) is 42.6 Å². The number of rotatable bonds is 5. The number of guanidine groups is 1. The van der Waals surface area contributed by atoms with Crippen LogP contribution in [0.1, 0.15) is 43.7 Å². The summed E-state index contributed by atoms with van der Waals surface area (Å²) in [6.07, 6.45) is 4.93. The van der Waals surface area contributed by atoms with Gasteiger partial charge in [-0.25, -0.2) is 9.38 Å². The number of nitrogens with one attached hydrogen (secondary N) is 2. The molecule has 1 aromatic carbocycles. The summed E-state index contributed by atoms with van der Waals surface area (Å²) in [5, 5.41) is 15.7. The molecule has 2 aliphatic rings. The lowest BCUT2D eigenvalue weighted by Gasteiger charge is -2.33. The average Bonchev–Trinajstić information content (AvgIpc) is 3.47. The first kappa shape index (κ1) is 20.9. The highest BCUT2D eigenvalue weighted by Gasteiger charge is 2.31. The lowest BCUT2D eigenvalue weighted by Crippen LogP contribution is -2.49. The van der Waals surface area contributed by atoms with Gasteiger partial charge in [0.1, 0.15) is 5.82 Å². The molecular formula is C19H27FIN5. The fourth-order valence-electron chi connectivity index (χ4n) is 3.29. The van der Waals surface area contributed by atoms with Crippen LogP contribution in [0.3, 0.4) is 0 Å². The maximum Gasteiger partial charge on any atom is 0.191 e. The molecule has 1 heterocycles. The smallest absolute Gasteiger partial charge is 0.191 e. The molecular weight excluding hydrogens is 444 g/mol. The van der Waals surface area contributed by atoms with E-state index in [0.29, 0.717) is 23.1 Å². The number of nitrogens with zero attached hydrogens (tertiary/aromatic N) is 3. The van der Waals surface area contributed by atoms with E-state index < -0.39 is 0 Å². The van der Waals surface area contributed by atoms with Gasteiger partial charge in [0.2, 0.25) is 0 Å². The van der Waals surface area contributed by atoms with Crippen LogP contribution >= 0.6 is 24.0 Å². The largest absolute Gasteiger partial charge is 0.357 e. The van der Waals surface area contributed by atoms with E-state index in [0.717, 1.165) is 38.5 Å². The van der Waals surface area contributed by atoms with Crippen molar-refractivity contribution < 1.29 is 4.39 Å². The Hall–Kier alpha value is -1.40. The first-order chi connectivity index (χ1) is 12.2. The van der Waals surface area contributed by atoms with Crippen LogP contribution in [0.5, 0.6) is 0 Å². The molecule has 5 nitrogen and oxygen atoms in total. The van der Waals surface area contributed by atoms with E-state index >= 15 is 0 Å². The zero-order chi connectivity index (χ0) is 17.6. The Labute approximate surface area is 172 Å². The number of benzene rings is 1. The Morgan fingerprint density at radius 3 is 2.65 bits per heavy atom. The second-order valence-electron chi connectivity index (χ2n) is 6.80. The molecule has 1 aromatic rings. The molecule has 0 spiro atoms. The third kappa shape index (κ3) is 5.81. The van der Waals surface area contributed by atoms with Gasteiger partial charge >= 0.3 is 0 Å². The number of hydrogen-bond donors (Lipinski definition) is 2. The first-order valence-corrected chi connectivity index (χ1v) is 9.17. The van der Waals surface area contributed by atoms with Crippen molar-refractivity contribution in [1.29, 1.82) is 5.26 Å². The molecule has 7 heteroatoms. The fourth-order valence-corrected chi connectivity index (χ4v) is 3.29. The minimum absolute atomic E-state index is 0. The molecule has 0 radical (unpaired) electrons. The first-order valence-electron chi connectivity index (χ1n) is 9.17. The zero-order valence-corrected chi connectivity index (χ0v) is 17.5. The summed E-state index contributed by atoms with van der Waals surface area (Å²) < 4.78 is 13.9. The highest BCUT2D eigenvalue weighted by Crippen LogP contribution is 2.29. The van der Waals surface area contributed by atoms with Crippen LogP contribution in [-0.2, 0) is 6.54 Å².